The number of hydrogen-bond donors (Lipinski definition) is 0. The van der Waals surface area contributed by atoms with Gasteiger partial charge in [-0.05, 0) is 38.0 Å². The number of aryl methyl sites for hydroxylation is 1. The molecule has 0 aliphatic carbocycles. The minimum Gasteiger partial charge on any atom is -0.463 e. The van der Waals surface area contributed by atoms with E-state index in [4.69, 9.17) is 9.47 Å². The first kappa shape index (κ1) is 23.0. The maximum atomic E-state index is 12.8. The lowest BCUT2D eigenvalue weighted by atomic mass is 10.1. The van der Waals surface area contributed by atoms with Crippen molar-refractivity contribution in [3.05, 3.63) is 51.0 Å². The number of esters is 2. The Morgan fingerprint density at radius 2 is 2.03 bits per heavy atom. The highest BCUT2D eigenvalue weighted by molar-refractivity contribution is 8.04. The number of amides is 1. The third kappa shape index (κ3) is 5.11. The minimum atomic E-state index is -0.566. The number of rotatable bonds is 6. The molecule has 2 aliphatic rings. The number of fused-ring (bicyclic) bond motifs is 2. The summed E-state index contributed by atoms with van der Waals surface area (Å²) >= 11 is 1.24. The molecule has 0 atom stereocenters. The third-order valence-electron chi connectivity index (χ3n) is 5.54. The van der Waals surface area contributed by atoms with E-state index in [0.717, 1.165) is 31.5 Å². The Kier molecular flexibility index (Phi) is 7.12. The first-order chi connectivity index (χ1) is 16.0. The van der Waals surface area contributed by atoms with Crippen molar-refractivity contribution in [3.63, 3.8) is 0 Å². The van der Waals surface area contributed by atoms with Crippen LogP contribution in [-0.2, 0) is 32.0 Å². The summed E-state index contributed by atoms with van der Waals surface area (Å²) in [4.78, 5) is 55.3. The van der Waals surface area contributed by atoms with Gasteiger partial charge in [-0.25, -0.2) is 14.6 Å². The number of ether oxygens (including phenoxy) is 2. The van der Waals surface area contributed by atoms with E-state index in [-0.39, 0.29) is 42.5 Å². The Morgan fingerprint density at radius 1 is 1.18 bits per heavy atom. The number of carbonyl (C=O) groups is 3. The van der Waals surface area contributed by atoms with Gasteiger partial charge in [0.05, 0.1) is 46.5 Å². The zero-order valence-electron chi connectivity index (χ0n) is 18.4. The van der Waals surface area contributed by atoms with Gasteiger partial charge < -0.3 is 14.4 Å². The van der Waals surface area contributed by atoms with E-state index in [1.807, 2.05) is 0 Å². The molecule has 10 heteroatoms. The van der Waals surface area contributed by atoms with Crippen LogP contribution in [0, 0.1) is 0 Å². The van der Waals surface area contributed by atoms with E-state index < -0.39 is 11.9 Å². The van der Waals surface area contributed by atoms with Crippen molar-refractivity contribution < 1.29 is 23.9 Å². The molecule has 0 radical (unpaired) electrons. The van der Waals surface area contributed by atoms with Crippen LogP contribution in [0.4, 0.5) is 0 Å². The highest BCUT2D eigenvalue weighted by Gasteiger charge is 2.27. The van der Waals surface area contributed by atoms with Gasteiger partial charge >= 0.3 is 11.9 Å². The van der Waals surface area contributed by atoms with E-state index >= 15 is 0 Å². The fourth-order valence-electron chi connectivity index (χ4n) is 3.91. The summed E-state index contributed by atoms with van der Waals surface area (Å²) in [5.74, 6) is -0.280. The molecular weight excluding hydrogens is 446 g/mol. The molecule has 0 N–H and O–H groups in total. The normalized spacial score (nSPS) is 17.2. The fourth-order valence-corrected chi connectivity index (χ4v) is 4.87. The molecule has 0 bridgehead atoms. The fraction of sp³-hybridized carbons (Fsp3) is 0.435. The van der Waals surface area contributed by atoms with E-state index in [0.29, 0.717) is 22.5 Å². The van der Waals surface area contributed by atoms with Crippen LogP contribution in [0.2, 0.25) is 0 Å². The van der Waals surface area contributed by atoms with Gasteiger partial charge in [0.2, 0.25) is 5.91 Å². The predicted molar refractivity (Wildman–Crippen MR) is 123 cm³/mol. The van der Waals surface area contributed by atoms with Crippen molar-refractivity contribution in [3.8, 4) is 0 Å². The number of thioether (sulfide) groups is 1. The topological polar surface area (TPSA) is 108 Å². The first-order valence-electron chi connectivity index (χ1n) is 11.0. The molecule has 1 amide bonds. The standard InChI is InChI=1S/C23H25N3O6S/c1-2-31-21(28)13-20-26(19(27)14-33-20)10-11-32-23(30)15-7-8-16-17(12-15)24-18-6-4-3-5-9-25(18)22(16)29/h7-8,12-13H,2-6,9-11,14H2,1H3/b20-13+. The van der Waals surface area contributed by atoms with Crippen molar-refractivity contribution in [2.24, 2.45) is 0 Å². The van der Waals surface area contributed by atoms with Crippen LogP contribution >= 0.6 is 11.8 Å². The molecule has 0 spiro atoms. The molecule has 1 aromatic heterocycles. The molecule has 1 fully saturated rings. The molecule has 0 saturated carbocycles. The molecule has 33 heavy (non-hydrogen) atoms. The Bertz CT molecular complexity index is 1190. The first-order valence-corrected chi connectivity index (χ1v) is 12.0. The summed E-state index contributed by atoms with van der Waals surface area (Å²) in [6.07, 6.45) is 5.02. The number of hydrogen-bond acceptors (Lipinski definition) is 8. The van der Waals surface area contributed by atoms with Gasteiger partial charge in [0.1, 0.15) is 12.4 Å². The summed E-state index contributed by atoms with van der Waals surface area (Å²) in [7, 11) is 0. The van der Waals surface area contributed by atoms with Gasteiger partial charge in [-0.2, -0.15) is 0 Å². The molecular formula is C23H25N3O6S. The molecule has 174 valence electrons. The van der Waals surface area contributed by atoms with Crippen molar-refractivity contribution in [2.75, 3.05) is 25.5 Å². The molecule has 2 aromatic rings. The Hall–Kier alpha value is -3.14. The third-order valence-corrected chi connectivity index (χ3v) is 6.56. The molecule has 4 rings (SSSR count). The Morgan fingerprint density at radius 3 is 2.85 bits per heavy atom. The van der Waals surface area contributed by atoms with Gasteiger partial charge in [-0.1, -0.05) is 18.2 Å². The molecule has 1 saturated heterocycles. The van der Waals surface area contributed by atoms with Crippen molar-refractivity contribution in [1.82, 2.24) is 14.5 Å². The zero-order valence-corrected chi connectivity index (χ0v) is 19.2. The summed E-state index contributed by atoms with van der Waals surface area (Å²) in [6.45, 7) is 2.71. The second-order valence-electron chi connectivity index (χ2n) is 7.73. The van der Waals surface area contributed by atoms with Crippen molar-refractivity contribution in [2.45, 2.75) is 39.2 Å². The van der Waals surface area contributed by atoms with Gasteiger partial charge in [0.15, 0.2) is 0 Å². The maximum Gasteiger partial charge on any atom is 0.338 e. The average Bonchev–Trinajstić information content (AvgIpc) is 2.99. The van der Waals surface area contributed by atoms with Crippen molar-refractivity contribution in [1.29, 1.82) is 0 Å². The van der Waals surface area contributed by atoms with Gasteiger partial charge in [-0.3, -0.25) is 14.2 Å². The number of benzene rings is 1. The van der Waals surface area contributed by atoms with Crippen LogP contribution in [0.5, 0.6) is 0 Å². The Labute approximate surface area is 194 Å². The second-order valence-corrected chi connectivity index (χ2v) is 8.73. The van der Waals surface area contributed by atoms with E-state index in [9.17, 15) is 19.2 Å². The van der Waals surface area contributed by atoms with Crippen LogP contribution in [0.15, 0.2) is 34.1 Å². The lowest BCUT2D eigenvalue weighted by Gasteiger charge is -2.17. The predicted octanol–water partition coefficient (Wildman–Crippen LogP) is 2.26. The van der Waals surface area contributed by atoms with Crippen LogP contribution in [-0.4, -0.2) is 57.8 Å². The number of carbonyl (C=O) groups excluding carboxylic acids is 3. The number of nitrogens with zero attached hydrogens (tertiary/aromatic N) is 3. The molecule has 0 unspecified atom stereocenters. The Balaban J connectivity index is 1.44. The van der Waals surface area contributed by atoms with Gasteiger partial charge in [0, 0.05) is 13.0 Å². The van der Waals surface area contributed by atoms with Gasteiger partial charge in [0.25, 0.3) is 5.56 Å². The molecule has 1 aromatic carbocycles. The van der Waals surface area contributed by atoms with E-state index in [1.165, 1.54) is 22.7 Å². The van der Waals surface area contributed by atoms with Crippen LogP contribution in [0.3, 0.4) is 0 Å². The summed E-state index contributed by atoms with van der Waals surface area (Å²) in [6, 6.07) is 4.74. The maximum absolute atomic E-state index is 12.8. The summed E-state index contributed by atoms with van der Waals surface area (Å²) in [5, 5.41) is 0.955. The van der Waals surface area contributed by atoms with E-state index in [2.05, 4.69) is 4.98 Å². The second kappa shape index (κ2) is 10.2. The van der Waals surface area contributed by atoms with Crippen LogP contribution < -0.4 is 5.56 Å². The molecule has 9 nitrogen and oxygen atoms in total. The van der Waals surface area contributed by atoms with Crippen LogP contribution in [0.1, 0.15) is 42.4 Å². The molecule has 3 heterocycles. The minimum absolute atomic E-state index is 0.0381. The monoisotopic (exact) mass is 471 g/mol. The summed E-state index contributed by atoms with van der Waals surface area (Å²) in [5.41, 5.74) is 0.688. The quantitative estimate of drug-likeness (QED) is 0.466. The van der Waals surface area contributed by atoms with Gasteiger partial charge in [-0.15, -0.1) is 0 Å². The van der Waals surface area contributed by atoms with Crippen molar-refractivity contribution >= 4 is 40.5 Å². The largest absolute Gasteiger partial charge is 0.463 e. The highest BCUT2D eigenvalue weighted by atomic mass is 32.2. The zero-order chi connectivity index (χ0) is 23.4. The lowest BCUT2D eigenvalue weighted by molar-refractivity contribution is -0.137. The molecule has 2 aliphatic heterocycles. The highest BCUT2D eigenvalue weighted by Crippen LogP contribution is 2.28. The lowest BCUT2D eigenvalue weighted by Crippen LogP contribution is -2.29. The average molecular weight is 472 g/mol. The smallest absolute Gasteiger partial charge is 0.338 e. The number of aromatic nitrogens is 2. The van der Waals surface area contributed by atoms with E-state index in [1.54, 1.807) is 29.7 Å². The van der Waals surface area contributed by atoms with Crippen LogP contribution in [0.25, 0.3) is 10.9 Å². The summed E-state index contributed by atoms with van der Waals surface area (Å²) < 4.78 is 12.0. The SMILES string of the molecule is CCOC(=O)/C=C1/SCC(=O)N1CCOC(=O)c1ccc2c(=O)n3c(nc2c1)CCCCC3.